The van der Waals surface area contributed by atoms with Crippen LogP contribution in [0.25, 0.3) is 0 Å². The van der Waals surface area contributed by atoms with E-state index in [1.165, 1.54) is 24.8 Å². The Morgan fingerprint density at radius 1 is 1.11 bits per heavy atom. The lowest BCUT2D eigenvalue weighted by Gasteiger charge is -2.16. The second-order valence-corrected chi connectivity index (χ2v) is 4.96. The maximum absolute atomic E-state index is 5.90. The predicted molar refractivity (Wildman–Crippen MR) is 80.7 cm³/mol. The normalized spacial score (nSPS) is 11.4. The molecule has 0 aromatic carbocycles. The van der Waals surface area contributed by atoms with Crippen molar-refractivity contribution < 1.29 is 0 Å². The molecule has 18 heavy (non-hydrogen) atoms. The summed E-state index contributed by atoms with van der Waals surface area (Å²) in [6, 6.07) is 0. The van der Waals surface area contributed by atoms with Gasteiger partial charge in [-0.05, 0) is 33.2 Å². The summed E-state index contributed by atoms with van der Waals surface area (Å²) in [5, 5.41) is 0. The van der Waals surface area contributed by atoms with Gasteiger partial charge in [-0.1, -0.05) is 30.9 Å². The van der Waals surface area contributed by atoms with Crippen LogP contribution in [-0.2, 0) is 0 Å². The molecule has 0 heterocycles. The molecule has 0 aliphatic carbocycles. The minimum Gasteiger partial charge on any atom is -0.370 e. The van der Waals surface area contributed by atoms with Crippen LogP contribution in [0.15, 0.2) is 16.6 Å². The first-order chi connectivity index (χ1) is 8.57. The van der Waals surface area contributed by atoms with Crippen LogP contribution >= 0.6 is 0 Å². The first-order valence-corrected chi connectivity index (χ1v) is 6.92. The van der Waals surface area contributed by atoms with Gasteiger partial charge in [0.05, 0.1) is 0 Å². The highest BCUT2D eigenvalue weighted by molar-refractivity contribution is 5.77. The van der Waals surface area contributed by atoms with Gasteiger partial charge in [-0.3, -0.25) is 4.99 Å². The number of likely N-dealkylation sites (N-methyl/N-ethyl adjacent to an activating group) is 1. The van der Waals surface area contributed by atoms with Crippen molar-refractivity contribution in [2.75, 3.05) is 26.7 Å². The molecule has 0 saturated heterocycles. The van der Waals surface area contributed by atoms with Crippen molar-refractivity contribution in [1.29, 1.82) is 0 Å². The highest BCUT2D eigenvalue weighted by Gasteiger charge is 1.98. The largest absolute Gasteiger partial charge is 0.370 e. The summed E-state index contributed by atoms with van der Waals surface area (Å²) in [4.78, 5) is 6.36. The maximum atomic E-state index is 5.90. The lowest BCUT2D eigenvalue weighted by atomic mass is 10.1. The van der Waals surface area contributed by atoms with Crippen molar-refractivity contribution in [3.8, 4) is 0 Å². The lowest BCUT2D eigenvalue weighted by molar-refractivity contribution is 0.548. The average Bonchev–Trinajstić information content (AvgIpc) is 2.34. The Morgan fingerprint density at radius 3 is 2.33 bits per heavy atom. The van der Waals surface area contributed by atoms with E-state index < -0.39 is 0 Å². The highest BCUT2D eigenvalue weighted by Crippen LogP contribution is 2.02. The van der Waals surface area contributed by atoms with Crippen LogP contribution in [0, 0.1) is 0 Å². The summed E-state index contributed by atoms with van der Waals surface area (Å²) in [5.41, 5.74) is 12.6. The molecule has 0 atom stereocenters. The Bertz CT molecular complexity index is 255. The summed E-state index contributed by atoms with van der Waals surface area (Å²) < 4.78 is 0. The van der Waals surface area contributed by atoms with Gasteiger partial charge in [0, 0.05) is 20.1 Å². The van der Waals surface area contributed by atoms with Crippen LogP contribution in [0.2, 0.25) is 0 Å². The molecular weight excluding hydrogens is 224 g/mol. The molecule has 0 saturated carbocycles. The number of allylic oxidation sites excluding steroid dienone is 1. The Kier molecular flexibility index (Phi) is 10.4. The van der Waals surface area contributed by atoms with Crippen molar-refractivity contribution in [3.63, 3.8) is 0 Å². The van der Waals surface area contributed by atoms with E-state index in [0.717, 1.165) is 32.5 Å². The molecule has 0 aliphatic heterocycles. The average molecular weight is 254 g/mol. The summed E-state index contributed by atoms with van der Waals surface area (Å²) in [6.45, 7) is 6.63. The quantitative estimate of drug-likeness (QED) is 0.286. The third kappa shape index (κ3) is 10.1. The molecular formula is C14H30N4. The Morgan fingerprint density at radius 2 is 1.72 bits per heavy atom. The molecule has 0 aromatic rings. The number of unbranched alkanes of at least 4 members (excludes halogenated alkanes) is 4. The topological polar surface area (TPSA) is 67.6 Å². The van der Waals surface area contributed by atoms with Crippen molar-refractivity contribution in [3.05, 3.63) is 11.6 Å². The second-order valence-electron chi connectivity index (χ2n) is 4.96. The second kappa shape index (κ2) is 11.1. The Labute approximate surface area is 112 Å². The molecule has 106 valence electrons. The molecule has 0 bridgehead atoms. The Hall–Kier alpha value is -1.03. The number of hydrogen-bond donors (Lipinski definition) is 2. The van der Waals surface area contributed by atoms with E-state index in [0.29, 0.717) is 5.96 Å². The molecule has 0 radical (unpaired) electrons. The zero-order valence-electron chi connectivity index (χ0n) is 12.3. The summed E-state index contributed by atoms with van der Waals surface area (Å²) in [5.74, 6) is 0.634. The number of nitrogens with zero attached hydrogens (tertiary/aromatic N) is 2. The molecule has 4 nitrogen and oxygen atoms in total. The third-order valence-corrected chi connectivity index (χ3v) is 2.80. The Balaban J connectivity index is 3.66. The van der Waals surface area contributed by atoms with Crippen molar-refractivity contribution in [1.82, 2.24) is 4.90 Å². The first-order valence-electron chi connectivity index (χ1n) is 6.92. The van der Waals surface area contributed by atoms with Crippen LogP contribution in [0.1, 0.15) is 46.0 Å². The summed E-state index contributed by atoms with van der Waals surface area (Å²) in [7, 11) is 1.97. The number of guanidine groups is 1. The van der Waals surface area contributed by atoms with Crippen LogP contribution < -0.4 is 11.5 Å². The molecule has 0 spiro atoms. The standard InChI is InChI=1S/C14H30N4/c1-13(2)9-12-18(3)14(16)17-11-8-6-4-5-7-10-15/h9H,4-8,10-12,15H2,1-3H3,(H2,16,17). The third-order valence-electron chi connectivity index (χ3n) is 2.80. The number of hydrogen-bond acceptors (Lipinski definition) is 2. The van der Waals surface area contributed by atoms with Gasteiger partial charge in [-0.2, -0.15) is 0 Å². The van der Waals surface area contributed by atoms with Gasteiger partial charge < -0.3 is 16.4 Å². The SMILES string of the molecule is CC(C)=CCN(C)C(N)=NCCCCCCCN. The van der Waals surface area contributed by atoms with E-state index in [4.69, 9.17) is 11.5 Å². The van der Waals surface area contributed by atoms with E-state index in [-0.39, 0.29) is 0 Å². The fourth-order valence-electron chi connectivity index (χ4n) is 1.51. The predicted octanol–water partition coefficient (Wildman–Crippen LogP) is 2.11. The first kappa shape index (κ1) is 17.0. The number of nitrogens with two attached hydrogens (primary N) is 2. The van der Waals surface area contributed by atoms with Gasteiger partial charge in [-0.15, -0.1) is 0 Å². The van der Waals surface area contributed by atoms with Gasteiger partial charge >= 0.3 is 0 Å². The van der Waals surface area contributed by atoms with Crippen LogP contribution in [0.4, 0.5) is 0 Å². The zero-order chi connectivity index (χ0) is 13.8. The van der Waals surface area contributed by atoms with E-state index in [1.807, 2.05) is 11.9 Å². The molecule has 0 unspecified atom stereocenters. The number of rotatable bonds is 9. The molecule has 0 aromatic heterocycles. The monoisotopic (exact) mass is 254 g/mol. The lowest BCUT2D eigenvalue weighted by Crippen LogP contribution is -2.34. The van der Waals surface area contributed by atoms with Gasteiger partial charge in [0.25, 0.3) is 0 Å². The van der Waals surface area contributed by atoms with Gasteiger partial charge in [0.2, 0.25) is 0 Å². The van der Waals surface area contributed by atoms with E-state index in [9.17, 15) is 0 Å². The fourth-order valence-corrected chi connectivity index (χ4v) is 1.51. The summed E-state index contributed by atoms with van der Waals surface area (Å²) >= 11 is 0. The van der Waals surface area contributed by atoms with E-state index in [2.05, 4.69) is 24.9 Å². The maximum Gasteiger partial charge on any atom is 0.191 e. The molecule has 4 N–H and O–H groups in total. The van der Waals surface area contributed by atoms with Crippen molar-refractivity contribution >= 4 is 5.96 Å². The molecule has 4 heteroatoms. The van der Waals surface area contributed by atoms with Crippen molar-refractivity contribution in [2.45, 2.75) is 46.0 Å². The molecule has 0 rings (SSSR count). The molecule has 0 fully saturated rings. The van der Waals surface area contributed by atoms with Crippen LogP contribution in [0.5, 0.6) is 0 Å². The molecule has 0 aliphatic rings. The number of aliphatic imine (C=N–C) groups is 1. The van der Waals surface area contributed by atoms with Crippen molar-refractivity contribution in [2.24, 2.45) is 16.5 Å². The minimum atomic E-state index is 0.634. The van der Waals surface area contributed by atoms with Gasteiger partial charge in [0.15, 0.2) is 5.96 Å². The van der Waals surface area contributed by atoms with E-state index in [1.54, 1.807) is 0 Å². The van der Waals surface area contributed by atoms with Gasteiger partial charge in [-0.25, -0.2) is 0 Å². The smallest absolute Gasteiger partial charge is 0.191 e. The molecule has 0 amide bonds. The fraction of sp³-hybridized carbons (Fsp3) is 0.786. The van der Waals surface area contributed by atoms with Crippen LogP contribution in [0.3, 0.4) is 0 Å². The summed E-state index contributed by atoms with van der Waals surface area (Å²) in [6.07, 6.45) is 8.10. The minimum absolute atomic E-state index is 0.634. The van der Waals surface area contributed by atoms with E-state index >= 15 is 0 Å². The zero-order valence-corrected chi connectivity index (χ0v) is 12.3. The van der Waals surface area contributed by atoms with Gasteiger partial charge in [0.1, 0.15) is 0 Å². The van der Waals surface area contributed by atoms with Crippen LogP contribution in [-0.4, -0.2) is 37.5 Å². The highest BCUT2D eigenvalue weighted by atomic mass is 15.2.